The van der Waals surface area contributed by atoms with Crippen LogP contribution in [0.25, 0.3) is 5.57 Å². The SMILES string of the molecule is COc1cc2c(cc1OCCCOc1cc3c(cc1OC)C(=O)N1C=C(C4CC4)CC1C=N3)N=CC1CC(c3ccc(NC(=O)C(C)NC(=O)C(NC(=O)CCOCCOCCOCCOCCOCCOCCOCCOCCNC(=O)CCCCc4cc(O)ccc4O)C(C)C)cc3)=CN1C2=O. The molecule has 4 aliphatic heterocycles. The molecule has 104 heavy (non-hydrogen) atoms. The van der Waals surface area contributed by atoms with E-state index in [0.29, 0.717) is 200 Å². The van der Waals surface area contributed by atoms with Gasteiger partial charge in [0.15, 0.2) is 23.0 Å². The number of nitrogens with one attached hydrogen (secondary N) is 4. The molecule has 0 spiro atoms. The van der Waals surface area contributed by atoms with Crippen molar-refractivity contribution >= 4 is 70.5 Å². The van der Waals surface area contributed by atoms with Gasteiger partial charge < -0.3 is 98.1 Å². The van der Waals surface area contributed by atoms with Crippen LogP contribution in [0.1, 0.15) is 110 Å². The summed E-state index contributed by atoms with van der Waals surface area (Å²) in [5.41, 5.74) is 6.01. The quantitative estimate of drug-likeness (QED) is 0.0181. The molecule has 28 heteroatoms. The summed E-state index contributed by atoms with van der Waals surface area (Å²) in [6.45, 7) is 12.0. The number of nitrogens with zero attached hydrogens (tertiary/aromatic N) is 4. The summed E-state index contributed by atoms with van der Waals surface area (Å²) < 4.78 is 67.9. The Hall–Kier alpha value is -9.00. The lowest BCUT2D eigenvalue weighted by Crippen LogP contribution is -2.53. The molecule has 4 unspecified atom stereocenters. The number of phenolic OH excluding ortho intramolecular Hbond substituents is 2. The van der Waals surface area contributed by atoms with E-state index in [0.717, 1.165) is 17.6 Å². The van der Waals surface area contributed by atoms with Crippen molar-refractivity contribution in [3.63, 3.8) is 0 Å². The van der Waals surface area contributed by atoms with Crippen LogP contribution in [0.2, 0.25) is 0 Å². The van der Waals surface area contributed by atoms with Gasteiger partial charge >= 0.3 is 0 Å². The van der Waals surface area contributed by atoms with Crippen molar-refractivity contribution in [1.29, 1.82) is 0 Å². The fourth-order valence-corrected chi connectivity index (χ4v) is 11.8. The first-order valence-corrected chi connectivity index (χ1v) is 35.8. The number of anilines is 1. The molecule has 4 aromatic carbocycles. The minimum absolute atomic E-state index is 0.0178. The Morgan fingerprint density at radius 1 is 0.538 bits per heavy atom. The van der Waals surface area contributed by atoms with E-state index in [-0.39, 0.29) is 86.0 Å². The summed E-state index contributed by atoms with van der Waals surface area (Å²) in [4.78, 5) is 92.3. The van der Waals surface area contributed by atoms with Crippen molar-refractivity contribution in [3.05, 3.63) is 107 Å². The number of fused-ring (bicyclic) bond motifs is 4. The summed E-state index contributed by atoms with van der Waals surface area (Å²) >= 11 is 0. The van der Waals surface area contributed by atoms with E-state index in [9.17, 15) is 39.0 Å². The van der Waals surface area contributed by atoms with E-state index in [4.69, 9.17) is 66.8 Å². The molecular weight excluding hydrogens is 1340 g/mol. The number of aryl methyl sites for hydroxylation is 1. The second-order valence-corrected chi connectivity index (χ2v) is 25.9. The zero-order valence-corrected chi connectivity index (χ0v) is 60.2. The number of benzene rings is 4. The largest absolute Gasteiger partial charge is 0.508 e. The molecule has 6 amide bonds. The van der Waals surface area contributed by atoms with Crippen molar-refractivity contribution in [2.45, 2.75) is 109 Å². The van der Waals surface area contributed by atoms with Crippen LogP contribution < -0.4 is 40.2 Å². The third-order valence-electron chi connectivity index (χ3n) is 17.7. The predicted molar refractivity (Wildman–Crippen MR) is 387 cm³/mol. The van der Waals surface area contributed by atoms with Gasteiger partial charge in [-0.15, -0.1) is 0 Å². The Morgan fingerprint density at radius 2 is 1.06 bits per heavy atom. The average molecular weight is 1450 g/mol. The molecule has 6 N–H and O–H groups in total. The summed E-state index contributed by atoms with van der Waals surface area (Å²) in [5, 5.41) is 30.6. The van der Waals surface area contributed by atoms with Gasteiger partial charge in [0.2, 0.25) is 23.6 Å². The first-order valence-electron chi connectivity index (χ1n) is 35.8. The topological polar surface area (TPSA) is 333 Å². The number of ether oxygens (including phenoxy) is 12. The standard InChI is InChI=1S/C76H100N8O20/c1-50(2)72(82-71(88)19-23-95-25-27-97-29-31-99-33-35-101-37-38-102-36-34-100-32-30-98-28-26-96-24-20-77-70(87)10-7-6-9-54-41-60(85)17-18-65(54)86)74(90)80-51(3)73(89)81-57-15-13-53(14-16-57)56-40-59-47-79-64-45-69(67(94-5)43-62(64)76(92)84(59)49-56)104-22-8-21-103-68-44-63-61(42-66(68)93-4)75(91)83-48-55(52-11-12-52)39-58(83)46-78-63/h13-18,41-52,58-59,72,85-86H,6-12,19-40H2,1-5H3,(H,77,87)(H,80,90)(H,81,89)(H,82,88). The molecular formula is C76H100N8O20. The van der Waals surface area contributed by atoms with Gasteiger partial charge in [-0.3, -0.25) is 38.8 Å². The highest BCUT2D eigenvalue weighted by Gasteiger charge is 2.39. The molecule has 564 valence electrons. The molecule has 4 heterocycles. The van der Waals surface area contributed by atoms with E-state index < -0.39 is 23.9 Å². The number of amides is 6. The second-order valence-electron chi connectivity index (χ2n) is 25.9. The van der Waals surface area contributed by atoms with E-state index >= 15 is 0 Å². The minimum Gasteiger partial charge on any atom is -0.508 e. The van der Waals surface area contributed by atoms with Gasteiger partial charge in [0, 0.05) is 74.9 Å². The van der Waals surface area contributed by atoms with Crippen LogP contribution in [0.3, 0.4) is 0 Å². The molecule has 1 saturated carbocycles. The number of phenols is 2. The van der Waals surface area contributed by atoms with Crippen LogP contribution in [0.4, 0.5) is 17.1 Å². The number of aromatic hydroxyl groups is 2. The highest BCUT2D eigenvalue weighted by molar-refractivity contribution is 6.06. The second kappa shape index (κ2) is 41.5. The lowest BCUT2D eigenvalue weighted by Gasteiger charge is -2.24. The molecule has 0 bridgehead atoms. The number of rotatable bonds is 48. The third kappa shape index (κ3) is 24.3. The van der Waals surface area contributed by atoms with Gasteiger partial charge in [-0.1, -0.05) is 26.0 Å². The van der Waals surface area contributed by atoms with Gasteiger partial charge in [-0.2, -0.15) is 0 Å². The van der Waals surface area contributed by atoms with Gasteiger partial charge in [-0.25, -0.2) is 0 Å². The molecule has 0 radical (unpaired) electrons. The molecule has 4 aromatic rings. The van der Waals surface area contributed by atoms with E-state index in [2.05, 4.69) is 21.3 Å². The Balaban J connectivity index is 0.559. The molecule has 4 atom stereocenters. The number of unbranched alkanes of at least 4 members (excludes halogenated alkanes) is 1. The maximum absolute atomic E-state index is 14.2. The average Bonchev–Trinajstić information content (AvgIpc) is 1.62. The van der Waals surface area contributed by atoms with Crippen molar-refractivity contribution in [2.75, 3.05) is 145 Å². The fraction of sp³-hybridized carbons (Fsp3) is 0.526. The molecule has 1 aliphatic carbocycles. The van der Waals surface area contributed by atoms with Crippen LogP contribution in [0, 0.1) is 11.8 Å². The molecule has 0 aromatic heterocycles. The molecule has 1 fully saturated rings. The molecule has 9 rings (SSSR count). The van der Waals surface area contributed by atoms with E-state index in [1.165, 1.54) is 50.8 Å². The summed E-state index contributed by atoms with van der Waals surface area (Å²) in [6, 6.07) is 16.1. The third-order valence-corrected chi connectivity index (χ3v) is 17.7. The fourth-order valence-electron chi connectivity index (χ4n) is 11.8. The Kier molecular flexibility index (Phi) is 31.6. The van der Waals surface area contributed by atoms with Crippen LogP contribution >= 0.6 is 0 Å². The highest BCUT2D eigenvalue weighted by atomic mass is 16.6. The lowest BCUT2D eigenvalue weighted by atomic mass is 10.0. The van der Waals surface area contributed by atoms with Gasteiger partial charge in [0.05, 0.1) is 168 Å². The molecule has 5 aliphatic rings. The van der Waals surface area contributed by atoms with Gasteiger partial charge in [0.25, 0.3) is 11.8 Å². The number of hydrogen-bond donors (Lipinski definition) is 6. The predicted octanol–water partition coefficient (Wildman–Crippen LogP) is 7.79. The number of hydrogen-bond acceptors (Lipinski definition) is 22. The maximum atomic E-state index is 14.2. The number of aliphatic imine (C=N–C) groups is 2. The van der Waals surface area contributed by atoms with Crippen LogP contribution in [0.5, 0.6) is 34.5 Å². The van der Waals surface area contributed by atoms with Gasteiger partial charge in [0.1, 0.15) is 23.6 Å². The molecule has 0 saturated heterocycles. The Labute approximate surface area is 607 Å². The summed E-state index contributed by atoms with van der Waals surface area (Å²) in [5.74, 6) is 0.488. The number of carbonyl (C=O) groups is 6. The highest BCUT2D eigenvalue weighted by Crippen LogP contribution is 2.45. The monoisotopic (exact) mass is 1440 g/mol. The van der Waals surface area contributed by atoms with E-state index in [1.807, 2.05) is 30.7 Å². The van der Waals surface area contributed by atoms with Crippen molar-refractivity contribution < 1.29 is 95.8 Å². The van der Waals surface area contributed by atoms with Crippen molar-refractivity contribution in [1.82, 2.24) is 25.8 Å². The van der Waals surface area contributed by atoms with Crippen LogP contribution in [-0.4, -0.2) is 232 Å². The Morgan fingerprint density at radius 3 is 1.59 bits per heavy atom. The zero-order valence-electron chi connectivity index (χ0n) is 60.2. The minimum atomic E-state index is -0.936. The van der Waals surface area contributed by atoms with Crippen LogP contribution in [-0.2, 0) is 63.5 Å². The first kappa shape index (κ1) is 79.1. The molecule has 28 nitrogen and oxygen atoms in total. The zero-order chi connectivity index (χ0) is 73.6. The normalized spacial score (nSPS) is 16.3. The van der Waals surface area contributed by atoms with Crippen LogP contribution in [0.15, 0.2) is 94.7 Å². The lowest BCUT2D eigenvalue weighted by molar-refractivity contribution is -0.132. The van der Waals surface area contributed by atoms with Crippen molar-refractivity contribution in [2.24, 2.45) is 21.8 Å². The van der Waals surface area contributed by atoms with Gasteiger partial charge in [-0.05, 0) is 122 Å². The number of carbonyl (C=O) groups excluding carboxylic acids is 6. The summed E-state index contributed by atoms with van der Waals surface area (Å²) in [7, 11) is 3.05. The first-order chi connectivity index (χ1) is 50.6. The number of methoxy groups -OCH3 is 2. The smallest absolute Gasteiger partial charge is 0.260 e. The van der Waals surface area contributed by atoms with E-state index in [1.54, 1.807) is 73.2 Å². The van der Waals surface area contributed by atoms with Crippen molar-refractivity contribution in [3.8, 4) is 34.5 Å². The summed E-state index contributed by atoms with van der Waals surface area (Å²) in [6.07, 6.45) is 13.9. The Bertz CT molecular complexity index is 3640. The maximum Gasteiger partial charge on any atom is 0.260 e.